The highest BCUT2D eigenvalue weighted by Gasteiger charge is 2.46. The van der Waals surface area contributed by atoms with Gasteiger partial charge in [-0.1, -0.05) is 31.0 Å². The highest BCUT2D eigenvalue weighted by Crippen LogP contribution is 2.32. The normalized spacial score (nSPS) is 19.4. The van der Waals surface area contributed by atoms with Crippen LogP contribution in [0.2, 0.25) is 0 Å². The van der Waals surface area contributed by atoms with Gasteiger partial charge in [0, 0.05) is 18.7 Å². The first kappa shape index (κ1) is 22.8. The van der Waals surface area contributed by atoms with Gasteiger partial charge in [0.2, 0.25) is 17.7 Å². The van der Waals surface area contributed by atoms with Gasteiger partial charge in [-0.2, -0.15) is 0 Å². The van der Waals surface area contributed by atoms with Crippen LogP contribution in [-0.2, 0) is 19.2 Å². The third-order valence-electron chi connectivity index (χ3n) is 5.51. The zero-order valence-electron chi connectivity index (χ0n) is 17.4. The second kappa shape index (κ2) is 9.95. The summed E-state index contributed by atoms with van der Waals surface area (Å²) in [6.07, 6.45) is 4.54. The summed E-state index contributed by atoms with van der Waals surface area (Å²) >= 11 is 0.922. The van der Waals surface area contributed by atoms with Crippen LogP contribution in [0.15, 0.2) is 24.3 Å². The molecule has 1 aromatic carbocycles. The Bertz CT molecular complexity index is 882. The maximum Gasteiger partial charge on any atom is 0.257 e. The van der Waals surface area contributed by atoms with Crippen LogP contribution in [0.5, 0.6) is 0 Å². The Hall–Kier alpha value is -2.88. The van der Waals surface area contributed by atoms with Crippen molar-refractivity contribution in [3.05, 3.63) is 24.3 Å². The molecule has 4 N–H and O–H groups in total. The number of carbonyl (C=O) groups is 4. The highest BCUT2D eigenvalue weighted by molar-refractivity contribution is 8.14. The van der Waals surface area contributed by atoms with Crippen molar-refractivity contribution >= 4 is 51.9 Å². The van der Waals surface area contributed by atoms with Gasteiger partial charge >= 0.3 is 0 Å². The molecule has 1 aliphatic heterocycles. The van der Waals surface area contributed by atoms with Crippen LogP contribution >= 0.6 is 11.8 Å². The van der Waals surface area contributed by atoms with Gasteiger partial charge in [0.15, 0.2) is 5.17 Å². The highest BCUT2D eigenvalue weighted by atomic mass is 32.2. The minimum absolute atomic E-state index is 0.0325. The van der Waals surface area contributed by atoms with Crippen molar-refractivity contribution < 1.29 is 19.2 Å². The molecule has 1 saturated heterocycles. The number of nitrogens with two attached hydrogens (primary N) is 1. The molecule has 9 nitrogen and oxygen atoms in total. The van der Waals surface area contributed by atoms with E-state index in [-0.39, 0.29) is 41.1 Å². The van der Waals surface area contributed by atoms with E-state index < -0.39 is 11.9 Å². The summed E-state index contributed by atoms with van der Waals surface area (Å²) in [6.45, 7) is 1.40. The van der Waals surface area contributed by atoms with Crippen molar-refractivity contribution in [2.45, 2.75) is 57.5 Å². The number of carbonyl (C=O) groups excluding carboxylic acids is 4. The standard InChI is InChI=1S/C21H27N5O4S/c1-13(27)24-14-7-9-16(10-8-14)26-18(28)11-17(20(26)30)25(15-5-3-2-4-6-15)19(29)12-31-21(22)23/h7-10,15,17H,2-6,11-12H2,1H3,(H3,22,23)(H,24,27)/t17-/m1/s1. The van der Waals surface area contributed by atoms with Gasteiger partial charge < -0.3 is 16.0 Å². The molecular formula is C21H27N5O4S. The molecule has 166 valence electrons. The van der Waals surface area contributed by atoms with E-state index in [4.69, 9.17) is 11.1 Å². The first-order valence-corrected chi connectivity index (χ1v) is 11.3. The molecule has 0 spiro atoms. The number of amides is 4. The Balaban J connectivity index is 1.82. The second-order valence-electron chi connectivity index (χ2n) is 7.76. The Morgan fingerprint density at radius 3 is 2.42 bits per heavy atom. The van der Waals surface area contributed by atoms with Crippen LogP contribution in [0, 0.1) is 5.41 Å². The van der Waals surface area contributed by atoms with Crippen LogP contribution in [0.25, 0.3) is 0 Å². The molecule has 1 heterocycles. The molecule has 3 rings (SSSR count). The maximum atomic E-state index is 13.3. The molecule has 1 aliphatic carbocycles. The van der Waals surface area contributed by atoms with E-state index in [0.29, 0.717) is 11.4 Å². The summed E-state index contributed by atoms with van der Waals surface area (Å²) in [5, 5.41) is 9.86. The maximum absolute atomic E-state index is 13.3. The molecule has 0 unspecified atom stereocenters. The molecule has 1 saturated carbocycles. The summed E-state index contributed by atoms with van der Waals surface area (Å²) < 4.78 is 0. The first-order valence-electron chi connectivity index (χ1n) is 10.3. The second-order valence-corrected chi connectivity index (χ2v) is 8.78. The molecule has 0 aromatic heterocycles. The fourth-order valence-corrected chi connectivity index (χ4v) is 4.63. The lowest BCUT2D eigenvalue weighted by Gasteiger charge is -2.37. The molecule has 4 amide bonds. The third-order valence-corrected chi connectivity index (χ3v) is 6.21. The molecular weight excluding hydrogens is 418 g/mol. The fraction of sp³-hybridized carbons (Fsp3) is 0.476. The van der Waals surface area contributed by atoms with Crippen molar-refractivity contribution in [1.29, 1.82) is 5.41 Å². The summed E-state index contributed by atoms with van der Waals surface area (Å²) in [4.78, 5) is 52.9. The lowest BCUT2D eigenvalue weighted by molar-refractivity contribution is -0.139. The predicted octanol–water partition coefficient (Wildman–Crippen LogP) is 2.06. The number of nitrogens with zero attached hydrogens (tertiary/aromatic N) is 2. The average molecular weight is 446 g/mol. The van der Waals surface area contributed by atoms with Gasteiger partial charge in [0.1, 0.15) is 6.04 Å². The number of rotatable bonds is 6. The molecule has 0 bridgehead atoms. The lowest BCUT2D eigenvalue weighted by Crippen LogP contribution is -2.52. The number of hydrogen-bond donors (Lipinski definition) is 3. The quantitative estimate of drug-likeness (QED) is 0.348. The Kier molecular flexibility index (Phi) is 7.32. The Morgan fingerprint density at radius 2 is 1.84 bits per heavy atom. The first-order chi connectivity index (χ1) is 14.8. The minimum Gasteiger partial charge on any atom is -0.379 e. The Morgan fingerprint density at radius 1 is 1.19 bits per heavy atom. The number of amidine groups is 1. The minimum atomic E-state index is -0.856. The largest absolute Gasteiger partial charge is 0.379 e. The van der Waals surface area contributed by atoms with Crippen molar-refractivity contribution in [2.24, 2.45) is 5.73 Å². The number of benzene rings is 1. The smallest absolute Gasteiger partial charge is 0.257 e. The molecule has 10 heteroatoms. The SMILES string of the molecule is CC(=O)Nc1ccc(N2C(=O)C[C@@H](N(C(=O)CSC(=N)N)C3CCCCC3)C2=O)cc1. The van der Waals surface area contributed by atoms with E-state index in [1.54, 1.807) is 29.2 Å². The van der Waals surface area contributed by atoms with Gasteiger partial charge in [-0.3, -0.25) is 24.6 Å². The van der Waals surface area contributed by atoms with Crippen LogP contribution in [-0.4, -0.2) is 51.5 Å². The Labute approximate surface area is 185 Å². The number of anilines is 2. The van der Waals surface area contributed by atoms with E-state index >= 15 is 0 Å². The van der Waals surface area contributed by atoms with Gasteiger partial charge in [0.25, 0.3) is 5.91 Å². The third kappa shape index (κ3) is 5.43. The van der Waals surface area contributed by atoms with Crippen LogP contribution in [0.3, 0.4) is 0 Å². The number of nitrogens with one attached hydrogen (secondary N) is 2. The predicted molar refractivity (Wildman–Crippen MR) is 120 cm³/mol. The van der Waals surface area contributed by atoms with Crippen molar-refractivity contribution in [3.63, 3.8) is 0 Å². The summed E-state index contributed by atoms with van der Waals surface area (Å²) in [5.74, 6) is -1.32. The zero-order valence-corrected chi connectivity index (χ0v) is 18.2. The summed E-state index contributed by atoms with van der Waals surface area (Å²) in [5.41, 5.74) is 6.35. The number of hydrogen-bond acceptors (Lipinski definition) is 6. The van der Waals surface area contributed by atoms with Crippen LogP contribution in [0.1, 0.15) is 45.4 Å². The van der Waals surface area contributed by atoms with Crippen LogP contribution < -0.4 is 16.0 Å². The summed E-state index contributed by atoms with van der Waals surface area (Å²) in [6, 6.07) is 5.49. The van der Waals surface area contributed by atoms with Gasteiger partial charge in [0.05, 0.1) is 17.9 Å². The number of imide groups is 1. The van der Waals surface area contributed by atoms with E-state index in [2.05, 4.69) is 5.32 Å². The fourth-order valence-electron chi connectivity index (χ4n) is 4.21. The zero-order chi connectivity index (χ0) is 22.5. The van der Waals surface area contributed by atoms with Gasteiger partial charge in [-0.05, 0) is 37.1 Å². The molecule has 1 aromatic rings. The van der Waals surface area contributed by atoms with E-state index in [1.165, 1.54) is 6.92 Å². The van der Waals surface area contributed by atoms with E-state index in [1.807, 2.05) is 0 Å². The number of thioether (sulfide) groups is 1. The van der Waals surface area contributed by atoms with Gasteiger partial charge in [-0.25, -0.2) is 4.90 Å². The van der Waals surface area contributed by atoms with Crippen molar-refractivity contribution in [1.82, 2.24) is 4.90 Å². The molecule has 31 heavy (non-hydrogen) atoms. The van der Waals surface area contributed by atoms with E-state index in [0.717, 1.165) is 48.8 Å². The van der Waals surface area contributed by atoms with Gasteiger partial charge in [-0.15, -0.1) is 0 Å². The monoisotopic (exact) mass is 445 g/mol. The van der Waals surface area contributed by atoms with Crippen molar-refractivity contribution in [3.8, 4) is 0 Å². The summed E-state index contributed by atoms with van der Waals surface area (Å²) in [7, 11) is 0. The van der Waals surface area contributed by atoms with Crippen LogP contribution in [0.4, 0.5) is 11.4 Å². The average Bonchev–Trinajstić information content (AvgIpc) is 3.01. The molecule has 1 atom stereocenters. The lowest BCUT2D eigenvalue weighted by atomic mass is 9.92. The molecule has 2 aliphatic rings. The molecule has 0 radical (unpaired) electrons. The topological polar surface area (TPSA) is 137 Å². The van der Waals surface area contributed by atoms with Crippen molar-refractivity contribution in [2.75, 3.05) is 16.0 Å². The van der Waals surface area contributed by atoms with E-state index in [9.17, 15) is 19.2 Å². The molecule has 2 fully saturated rings.